The molecule has 3 unspecified atom stereocenters. The zero-order valence-electron chi connectivity index (χ0n) is 16.7. The molecule has 0 saturated carbocycles. The Morgan fingerprint density at radius 2 is 1.79 bits per heavy atom. The molecule has 3 atom stereocenters. The fraction of sp³-hybridized carbons (Fsp3) is 0.474. The van der Waals surface area contributed by atoms with Gasteiger partial charge in [0.1, 0.15) is 16.4 Å². The van der Waals surface area contributed by atoms with E-state index in [1.165, 1.54) is 11.3 Å². The first-order valence-corrected chi connectivity index (χ1v) is 10.3. The van der Waals surface area contributed by atoms with Crippen molar-refractivity contribution in [2.75, 3.05) is 24.3 Å². The standard InChI is InChI=1S/C19H26ClN5O2S/c1-6-11(2)15(21-16(26)12(3)20)17(27)22-19-24-23-18(28-19)13-7-9-14(10-8-13)25(4)5/h7-12,15H,6H2,1-5H3,(H,21,26)(H,22,24,27). The van der Waals surface area contributed by atoms with Crippen molar-refractivity contribution in [3.63, 3.8) is 0 Å². The van der Waals surface area contributed by atoms with Crippen LogP contribution in [0.4, 0.5) is 10.8 Å². The van der Waals surface area contributed by atoms with Crippen molar-refractivity contribution < 1.29 is 9.59 Å². The lowest BCUT2D eigenvalue weighted by molar-refractivity contribution is -0.127. The highest BCUT2D eigenvalue weighted by atomic mass is 35.5. The molecule has 0 saturated heterocycles. The summed E-state index contributed by atoms with van der Waals surface area (Å²) in [7, 11) is 3.95. The Labute approximate surface area is 174 Å². The third-order valence-corrected chi connectivity index (χ3v) is 5.53. The number of alkyl halides is 1. The van der Waals surface area contributed by atoms with Crippen molar-refractivity contribution in [2.24, 2.45) is 5.92 Å². The Bertz CT molecular complexity index is 807. The van der Waals surface area contributed by atoms with E-state index in [0.29, 0.717) is 10.1 Å². The van der Waals surface area contributed by atoms with E-state index in [-0.39, 0.29) is 17.7 Å². The fourth-order valence-corrected chi connectivity index (χ4v) is 3.26. The first kappa shape index (κ1) is 22.1. The summed E-state index contributed by atoms with van der Waals surface area (Å²) < 4.78 is 0. The lowest BCUT2D eigenvalue weighted by atomic mass is 9.98. The van der Waals surface area contributed by atoms with Gasteiger partial charge in [0.2, 0.25) is 16.9 Å². The predicted molar refractivity (Wildman–Crippen MR) is 115 cm³/mol. The smallest absolute Gasteiger partial charge is 0.249 e. The van der Waals surface area contributed by atoms with Crippen LogP contribution in [-0.4, -0.2) is 47.5 Å². The maximum Gasteiger partial charge on any atom is 0.249 e. The quantitative estimate of drug-likeness (QED) is 0.635. The molecule has 2 amide bonds. The molecule has 0 aliphatic carbocycles. The number of anilines is 2. The lowest BCUT2D eigenvalue weighted by Gasteiger charge is -2.23. The minimum Gasteiger partial charge on any atom is -0.378 e. The number of aromatic nitrogens is 2. The third kappa shape index (κ3) is 5.65. The van der Waals surface area contributed by atoms with Gasteiger partial charge in [0.15, 0.2) is 0 Å². The van der Waals surface area contributed by atoms with E-state index in [1.807, 2.05) is 57.1 Å². The molecule has 152 valence electrons. The van der Waals surface area contributed by atoms with Crippen LogP contribution in [0.1, 0.15) is 27.2 Å². The van der Waals surface area contributed by atoms with Gasteiger partial charge in [-0.25, -0.2) is 0 Å². The summed E-state index contributed by atoms with van der Waals surface area (Å²) in [5.74, 6) is -0.753. The van der Waals surface area contributed by atoms with Crippen LogP contribution < -0.4 is 15.5 Å². The van der Waals surface area contributed by atoms with E-state index in [0.717, 1.165) is 17.7 Å². The Morgan fingerprint density at radius 1 is 1.14 bits per heavy atom. The van der Waals surface area contributed by atoms with Crippen LogP contribution in [0.2, 0.25) is 0 Å². The Kier molecular flexibility index (Phi) is 7.77. The normalized spacial score (nSPS) is 14.1. The number of amides is 2. The van der Waals surface area contributed by atoms with Gasteiger partial charge < -0.3 is 10.2 Å². The summed E-state index contributed by atoms with van der Waals surface area (Å²) in [6.07, 6.45) is 0.731. The maximum atomic E-state index is 12.7. The van der Waals surface area contributed by atoms with Crippen molar-refractivity contribution in [1.29, 1.82) is 0 Å². The number of carbonyl (C=O) groups excluding carboxylic acids is 2. The number of halogens is 1. The van der Waals surface area contributed by atoms with Crippen molar-refractivity contribution >= 4 is 45.6 Å². The summed E-state index contributed by atoms with van der Waals surface area (Å²) in [5, 5.41) is 14.1. The van der Waals surface area contributed by atoms with Crippen molar-refractivity contribution in [3.05, 3.63) is 24.3 Å². The molecule has 7 nitrogen and oxygen atoms in total. The van der Waals surface area contributed by atoms with Gasteiger partial charge in [-0.3, -0.25) is 14.9 Å². The average Bonchev–Trinajstić information content (AvgIpc) is 3.13. The zero-order chi connectivity index (χ0) is 20.8. The van der Waals surface area contributed by atoms with E-state index < -0.39 is 11.4 Å². The number of rotatable bonds is 8. The minimum atomic E-state index is -0.711. The van der Waals surface area contributed by atoms with Crippen molar-refractivity contribution in [2.45, 2.75) is 38.6 Å². The van der Waals surface area contributed by atoms with E-state index in [2.05, 4.69) is 20.8 Å². The highest BCUT2D eigenvalue weighted by Crippen LogP contribution is 2.28. The van der Waals surface area contributed by atoms with E-state index in [4.69, 9.17) is 11.6 Å². The SMILES string of the molecule is CCC(C)C(NC(=O)C(C)Cl)C(=O)Nc1nnc(-c2ccc(N(C)C)cc2)s1. The van der Waals surface area contributed by atoms with Gasteiger partial charge in [-0.15, -0.1) is 21.8 Å². The van der Waals surface area contributed by atoms with E-state index in [9.17, 15) is 9.59 Å². The highest BCUT2D eigenvalue weighted by molar-refractivity contribution is 7.18. The van der Waals surface area contributed by atoms with Gasteiger partial charge in [-0.05, 0) is 37.1 Å². The van der Waals surface area contributed by atoms with Gasteiger partial charge in [0.05, 0.1) is 0 Å². The number of carbonyl (C=O) groups is 2. The molecule has 9 heteroatoms. The van der Waals surface area contributed by atoms with Crippen molar-refractivity contribution in [3.8, 4) is 10.6 Å². The van der Waals surface area contributed by atoms with Gasteiger partial charge in [-0.1, -0.05) is 31.6 Å². The topological polar surface area (TPSA) is 87.2 Å². The maximum absolute atomic E-state index is 12.7. The molecule has 2 aromatic rings. The summed E-state index contributed by atoms with van der Waals surface area (Å²) in [6.45, 7) is 5.43. The lowest BCUT2D eigenvalue weighted by Crippen LogP contribution is -2.49. The van der Waals surface area contributed by atoms with Gasteiger partial charge >= 0.3 is 0 Å². The van der Waals surface area contributed by atoms with Crippen molar-refractivity contribution in [1.82, 2.24) is 15.5 Å². The number of nitrogens with zero attached hydrogens (tertiary/aromatic N) is 3. The van der Waals surface area contributed by atoms with Gasteiger partial charge in [0.25, 0.3) is 0 Å². The second-order valence-electron chi connectivity index (χ2n) is 6.83. The predicted octanol–water partition coefficient (Wildman–Crippen LogP) is 3.37. The molecule has 1 heterocycles. The van der Waals surface area contributed by atoms with Crippen LogP contribution in [0.15, 0.2) is 24.3 Å². The van der Waals surface area contributed by atoms with Crippen LogP contribution in [0, 0.1) is 5.92 Å². The molecule has 28 heavy (non-hydrogen) atoms. The van der Waals surface area contributed by atoms with Crippen LogP contribution in [-0.2, 0) is 9.59 Å². The molecular weight excluding hydrogens is 398 g/mol. The van der Waals surface area contributed by atoms with Gasteiger partial charge in [0, 0.05) is 25.3 Å². The van der Waals surface area contributed by atoms with Gasteiger partial charge in [-0.2, -0.15) is 0 Å². The zero-order valence-corrected chi connectivity index (χ0v) is 18.3. The molecule has 0 spiro atoms. The van der Waals surface area contributed by atoms with Crippen LogP contribution in [0.25, 0.3) is 10.6 Å². The molecule has 0 fully saturated rings. The summed E-state index contributed by atoms with van der Waals surface area (Å²) in [6, 6.07) is 7.23. The van der Waals surface area contributed by atoms with E-state index in [1.54, 1.807) is 6.92 Å². The van der Waals surface area contributed by atoms with Crippen LogP contribution in [0.5, 0.6) is 0 Å². The summed E-state index contributed by atoms with van der Waals surface area (Å²) in [5.41, 5.74) is 2.01. The molecular formula is C19H26ClN5O2S. The second-order valence-corrected chi connectivity index (χ2v) is 8.46. The van der Waals surface area contributed by atoms with Crippen LogP contribution >= 0.6 is 22.9 Å². The highest BCUT2D eigenvalue weighted by Gasteiger charge is 2.28. The third-order valence-electron chi connectivity index (χ3n) is 4.44. The fourth-order valence-electron chi connectivity index (χ4n) is 2.45. The van der Waals surface area contributed by atoms with E-state index >= 15 is 0 Å². The second kappa shape index (κ2) is 9.84. The number of hydrogen-bond acceptors (Lipinski definition) is 6. The molecule has 0 aliphatic rings. The summed E-state index contributed by atoms with van der Waals surface area (Å²) >= 11 is 7.10. The Hall–Kier alpha value is -2.19. The van der Waals surface area contributed by atoms with Crippen LogP contribution in [0.3, 0.4) is 0 Å². The summed E-state index contributed by atoms with van der Waals surface area (Å²) in [4.78, 5) is 26.7. The first-order chi connectivity index (χ1) is 13.2. The molecule has 0 aliphatic heterocycles. The molecule has 2 N–H and O–H groups in total. The monoisotopic (exact) mass is 423 g/mol. The number of nitrogens with one attached hydrogen (secondary N) is 2. The molecule has 1 aromatic carbocycles. The molecule has 0 radical (unpaired) electrons. The molecule has 1 aromatic heterocycles. The Morgan fingerprint density at radius 3 is 2.32 bits per heavy atom. The molecule has 2 rings (SSSR count). The first-order valence-electron chi connectivity index (χ1n) is 9.09. The number of hydrogen-bond donors (Lipinski definition) is 2. The molecule has 0 bridgehead atoms. The minimum absolute atomic E-state index is 0.0506. The average molecular weight is 424 g/mol. The number of benzene rings is 1. The Balaban J connectivity index is 2.11. The largest absolute Gasteiger partial charge is 0.378 e.